The van der Waals surface area contributed by atoms with Crippen molar-refractivity contribution in [3.8, 4) is 23.7 Å². The quantitative estimate of drug-likeness (QED) is 0.240. The number of likely N-dealkylation sites (tertiary alicyclic amines) is 2. The van der Waals surface area contributed by atoms with E-state index in [1.165, 1.54) is 14.2 Å². The Bertz CT molecular complexity index is 1930. The number of alkyl carbamates (subject to hydrolysis) is 1. The number of rotatable bonds is 10. The minimum atomic E-state index is -0.715. The molecule has 2 saturated heterocycles. The van der Waals surface area contributed by atoms with Crippen LogP contribution in [0.25, 0.3) is 0 Å². The lowest BCUT2D eigenvalue weighted by Gasteiger charge is -2.30. The summed E-state index contributed by atoms with van der Waals surface area (Å²) in [6.45, 7) is 10.6. The number of methoxy groups -OCH3 is 2. The van der Waals surface area contributed by atoms with Gasteiger partial charge >= 0.3 is 12.1 Å². The molecule has 13 heteroatoms. The van der Waals surface area contributed by atoms with Crippen LogP contribution < -0.4 is 5.32 Å². The Morgan fingerprint density at radius 3 is 2.20 bits per heavy atom. The molecule has 292 valence electrons. The highest BCUT2D eigenvalue weighted by molar-refractivity contribution is 5.98. The number of aromatic nitrogens is 2. The van der Waals surface area contributed by atoms with Crippen LogP contribution in [0.3, 0.4) is 0 Å². The third-order valence-corrected chi connectivity index (χ3v) is 10.5. The van der Waals surface area contributed by atoms with E-state index in [2.05, 4.69) is 50.9 Å². The molecule has 3 aliphatic heterocycles. The SMILES string of the molecule is COC(=O)CC(C(=O)N1CC(CO)CC1C1=NC=C(C#Cc2ccc(C#Cc3cnc(C4CC(C)CN4C(=O)C(NC(=O)OC)C(C)C)[nH]3)cc2)C1)C(C)C. The Morgan fingerprint density at radius 1 is 0.909 bits per heavy atom. The Labute approximate surface area is 323 Å². The minimum Gasteiger partial charge on any atom is -0.469 e. The molecule has 1 aromatic carbocycles. The number of amides is 3. The zero-order valence-electron chi connectivity index (χ0n) is 32.7. The van der Waals surface area contributed by atoms with E-state index < -0.39 is 24.0 Å². The van der Waals surface area contributed by atoms with E-state index in [1.807, 2.05) is 52.0 Å². The van der Waals surface area contributed by atoms with E-state index in [4.69, 9.17) is 9.47 Å². The Morgan fingerprint density at radius 2 is 1.58 bits per heavy atom. The molecule has 6 unspecified atom stereocenters. The predicted molar refractivity (Wildman–Crippen MR) is 206 cm³/mol. The molecule has 0 radical (unpaired) electrons. The normalized spacial score (nSPS) is 21.6. The summed E-state index contributed by atoms with van der Waals surface area (Å²) in [7, 11) is 2.60. The third kappa shape index (κ3) is 10.0. The summed E-state index contributed by atoms with van der Waals surface area (Å²) in [5.74, 6) is 12.2. The van der Waals surface area contributed by atoms with Crippen LogP contribution in [0.15, 0.2) is 47.2 Å². The maximum absolute atomic E-state index is 13.7. The van der Waals surface area contributed by atoms with Gasteiger partial charge in [0.15, 0.2) is 0 Å². The van der Waals surface area contributed by atoms with E-state index in [-0.39, 0.29) is 60.6 Å². The first-order valence-electron chi connectivity index (χ1n) is 18.9. The van der Waals surface area contributed by atoms with Crippen molar-refractivity contribution < 1.29 is 33.8 Å². The van der Waals surface area contributed by atoms with Crippen molar-refractivity contribution in [3.63, 3.8) is 0 Å². The van der Waals surface area contributed by atoms with E-state index in [1.54, 1.807) is 22.2 Å². The molecule has 3 N–H and O–H groups in total. The molecule has 4 heterocycles. The molecular formula is C42H52N6O7. The first-order valence-corrected chi connectivity index (χ1v) is 18.9. The number of aromatic amines is 1. The van der Waals surface area contributed by atoms with Gasteiger partial charge in [0, 0.05) is 60.6 Å². The largest absolute Gasteiger partial charge is 0.469 e. The molecule has 3 amide bonds. The fourth-order valence-corrected chi connectivity index (χ4v) is 7.35. The number of H-pyrrole nitrogens is 1. The summed E-state index contributed by atoms with van der Waals surface area (Å²) in [4.78, 5) is 67.3. The fourth-order valence-electron chi connectivity index (χ4n) is 7.35. The van der Waals surface area contributed by atoms with Crippen molar-refractivity contribution in [3.05, 3.63) is 64.9 Å². The first kappa shape index (κ1) is 40.8. The number of nitrogens with zero attached hydrogens (tertiary/aromatic N) is 4. The predicted octanol–water partition coefficient (Wildman–Crippen LogP) is 4.22. The van der Waals surface area contributed by atoms with Gasteiger partial charge < -0.3 is 34.7 Å². The molecule has 5 rings (SSSR count). The second kappa shape index (κ2) is 18.3. The highest BCUT2D eigenvalue weighted by Crippen LogP contribution is 2.35. The molecule has 0 aliphatic carbocycles. The number of hydrogen-bond acceptors (Lipinski definition) is 9. The summed E-state index contributed by atoms with van der Waals surface area (Å²) < 4.78 is 9.59. The highest BCUT2D eigenvalue weighted by Gasteiger charge is 2.42. The standard InChI is InChI=1S/C42H52N6O7/c1-25(2)33(19-37(50)54-6)40(51)48-23-31(24-49)18-35(48)34-17-30(20-43-34)13-12-28-8-10-29(11-9-28)14-15-32-21-44-39(45-32)36-16-27(5)22-47(36)41(52)38(26(3)4)46-42(53)55-7/h8-11,20-21,25-27,31,33,35-36,38,49H,16-19,22-24H2,1-7H3,(H,44,45)(H,46,53). The number of aliphatic hydroxyl groups excluding tert-OH is 1. The first-order chi connectivity index (χ1) is 26.3. The van der Waals surface area contributed by atoms with Gasteiger partial charge in [-0.3, -0.25) is 19.4 Å². The molecule has 0 saturated carbocycles. The second-order valence-electron chi connectivity index (χ2n) is 15.3. The van der Waals surface area contributed by atoms with Gasteiger partial charge in [0.2, 0.25) is 11.8 Å². The van der Waals surface area contributed by atoms with Crippen LogP contribution >= 0.6 is 0 Å². The zero-order valence-corrected chi connectivity index (χ0v) is 32.7. The summed E-state index contributed by atoms with van der Waals surface area (Å²) in [6.07, 6.45) is 4.63. The van der Waals surface area contributed by atoms with Gasteiger partial charge in [0.05, 0.1) is 44.8 Å². The second-order valence-corrected chi connectivity index (χ2v) is 15.3. The molecule has 2 fully saturated rings. The van der Waals surface area contributed by atoms with Gasteiger partial charge in [0.25, 0.3) is 0 Å². The maximum Gasteiger partial charge on any atom is 0.407 e. The van der Waals surface area contributed by atoms with Crippen LogP contribution in [-0.4, -0.2) is 100 Å². The van der Waals surface area contributed by atoms with E-state index in [0.717, 1.165) is 28.8 Å². The Hall–Kier alpha value is -5.40. The smallest absolute Gasteiger partial charge is 0.407 e. The van der Waals surface area contributed by atoms with Crippen molar-refractivity contribution >= 4 is 29.6 Å². The number of aliphatic imine (C=N–C) groups is 1. The Balaban J connectivity index is 1.20. The Kier molecular flexibility index (Phi) is 13.6. The third-order valence-electron chi connectivity index (χ3n) is 10.5. The van der Waals surface area contributed by atoms with Crippen molar-refractivity contribution in [2.24, 2.45) is 34.6 Å². The van der Waals surface area contributed by atoms with Crippen LogP contribution in [0.2, 0.25) is 0 Å². The van der Waals surface area contributed by atoms with Crippen LogP contribution in [-0.2, 0) is 23.9 Å². The van der Waals surface area contributed by atoms with E-state index in [9.17, 15) is 24.3 Å². The summed E-state index contributed by atoms with van der Waals surface area (Å²) in [5, 5.41) is 12.6. The molecule has 1 aromatic heterocycles. The molecule has 3 aliphatic rings. The average molecular weight is 753 g/mol. The lowest BCUT2D eigenvalue weighted by molar-refractivity contribution is -0.148. The molecule has 0 spiro atoms. The van der Waals surface area contributed by atoms with Gasteiger partial charge in [-0.15, -0.1) is 0 Å². The molecule has 0 bridgehead atoms. The maximum atomic E-state index is 13.7. The van der Waals surface area contributed by atoms with Crippen molar-refractivity contribution in [2.45, 2.75) is 78.4 Å². The summed E-state index contributed by atoms with van der Waals surface area (Å²) >= 11 is 0. The number of hydrogen-bond donors (Lipinski definition) is 3. The summed E-state index contributed by atoms with van der Waals surface area (Å²) in [5.41, 5.74) is 3.90. The number of nitrogens with one attached hydrogen (secondary N) is 2. The molecular weight excluding hydrogens is 700 g/mol. The number of imidazole rings is 1. The van der Waals surface area contributed by atoms with Gasteiger partial charge in [-0.2, -0.15) is 0 Å². The number of ether oxygens (including phenoxy) is 2. The number of allylic oxidation sites excluding steroid dienone is 1. The number of carbonyl (C=O) groups excluding carboxylic acids is 4. The molecule has 2 aromatic rings. The fraction of sp³-hybridized carbons (Fsp3) is 0.524. The molecule has 6 atom stereocenters. The monoisotopic (exact) mass is 752 g/mol. The summed E-state index contributed by atoms with van der Waals surface area (Å²) in [6, 6.07) is 6.36. The zero-order chi connectivity index (χ0) is 39.8. The van der Waals surface area contributed by atoms with Crippen LogP contribution in [0.5, 0.6) is 0 Å². The minimum absolute atomic E-state index is 0.0108. The number of benzene rings is 1. The van der Waals surface area contributed by atoms with Crippen LogP contribution in [0.1, 0.15) is 89.0 Å². The number of aliphatic hydroxyl groups is 1. The van der Waals surface area contributed by atoms with Gasteiger partial charge in [-0.05, 0) is 60.8 Å². The molecule has 55 heavy (non-hydrogen) atoms. The van der Waals surface area contributed by atoms with Crippen molar-refractivity contribution in [2.75, 3.05) is 33.9 Å². The van der Waals surface area contributed by atoms with Crippen LogP contribution in [0.4, 0.5) is 4.79 Å². The molecule has 13 nitrogen and oxygen atoms in total. The highest BCUT2D eigenvalue weighted by atomic mass is 16.5. The average Bonchev–Trinajstić information content (AvgIpc) is 4.00. The van der Waals surface area contributed by atoms with E-state index in [0.29, 0.717) is 37.4 Å². The van der Waals surface area contributed by atoms with Gasteiger partial charge in [0.1, 0.15) is 17.6 Å². The lowest BCUT2D eigenvalue weighted by atomic mass is 9.90. The van der Waals surface area contributed by atoms with Crippen LogP contribution in [0, 0.1) is 53.3 Å². The van der Waals surface area contributed by atoms with Crippen molar-refractivity contribution in [1.82, 2.24) is 25.1 Å². The lowest BCUT2D eigenvalue weighted by Crippen LogP contribution is -2.51. The van der Waals surface area contributed by atoms with Gasteiger partial charge in [-0.1, -0.05) is 52.4 Å². The number of esters is 1. The number of carbonyl (C=O) groups is 4. The van der Waals surface area contributed by atoms with Crippen molar-refractivity contribution in [1.29, 1.82) is 0 Å². The van der Waals surface area contributed by atoms with Gasteiger partial charge in [-0.25, -0.2) is 9.78 Å². The topological polar surface area (TPSA) is 167 Å². The van der Waals surface area contributed by atoms with E-state index >= 15 is 0 Å².